The molecule has 2 rings (SSSR count). The molecule has 2 nitrogen and oxygen atoms in total. The summed E-state index contributed by atoms with van der Waals surface area (Å²) in [5.41, 5.74) is 3.02. The van der Waals surface area contributed by atoms with E-state index in [0.717, 1.165) is 19.0 Å². The maximum absolute atomic E-state index is 3.64. The van der Waals surface area contributed by atoms with E-state index in [0.29, 0.717) is 6.04 Å². The van der Waals surface area contributed by atoms with Crippen LogP contribution in [0.25, 0.3) is 0 Å². The van der Waals surface area contributed by atoms with Crippen LogP contribution in [0.4, 0.5) is 0 Å². The van der Waals surface area contributed by atoms with Crippen molar-refractivity contribution in [2.45, 2.75) is 26.3 Å². The Morgan fingerprint density at radius 2 is 2.12 bits per heavy atom. The number of nitrogens with one attached hydrogen (secondary N) is 1. The summed E-state index contributed by atoms with van der Waals surface area (Å²) in [4.78, 5) is 2.43. The second-order valence-electron chi connectivity index (χ2n) is 5.57. The van der Waals surface area contributed by atoms with Crippen molar-refractivity contribution in [1.82, 2.24) is 10.2 Å². The predicted molar refractivity (Wildman–Crippen MR) is 73.2 cm³/mol. The number of rotatable bonds is 4. The van der Waals surface area contributed by atoms with Crippen LogP contribution in [-0.4, -0.2) is 31.6 Å². The van der Waals surface area contributed by atoms with E-state index in [4.69, 9.17) is 0 Å². The van der Waals surface area contributed by atoms with Gasteiger partial charge in [-0.25, -0.2) is 0 Å². The van der Waals surface area contributed by atoms with Gasteiger partial charge in [-0.15, -0.1) is 0 Å². The molecule has 0 aliphatic carbocycles. The van der Waals surface area contributed by atoms with E-state index in [1.807, 2.05) is 0 Å². The maximum Gasteiger partial charge on any atom is 0.0452 e. The molecule has 0 aromatic heterocycles. The Morgan fingerprint density at radius 1 is 1.35 bits per heavy atom. The molecule has 2 heteroatoms. The Morgan fingerprint density at radius 3 is 2.88 bits per heavy atom. The third-order valence-electron chi connectivity index (χ3n) is 3.39. The molecule has 1 aliphatic rings. The van der Waals surface area contributed by atoms with Gasteiger partial charge in [0, 0.05) is 19.1 Å². The van der Waals surface area contributed by atoms with Crippen LogP contribution in [0, 0.1) is 5.92 Å². The fourth-order valence-corrected chi connectivity index (χ4v) is 2.77. The van der Waals surface area contributed by atoms with Crippen LogP contribution in [0.2, 0.25) is 0 Å². The molecule has 94 valence electrons. The molecule has 1 heterocycles. The van der Waals surface area contributed by atoms with Gasteiger partial charge in [0.2, 0.25) is 0 Å². The smallest absolute Gasteiger partial charge is 0.0452 e. The number of nitrogens with zero attached hydrogens (tertiary/aromatic N) is 1. The lowest BCUT2D eigenvalue weighted by atomic mass is 9.94. The number of benzene rings is 1. The first-order valence-corrected chi connectivity index (χ1v) is 6.66. The van der Waals surface area contributed by atoms with Gasteiger partial charge in [-0.1, -0.05) is 38.1 Å². The van der Waals surface area contributed by atoms with Gasteiger partial charge in [0.05, 0.1) is 0 Å². The van der Waals surface area contributed by atoms with Gasteiger partial charge in [0.15, 0.2) is 0 Å². The van der Waals surface area contributed by atoms with E-state index in [9.17, 15) is 0 Å². The zero-order chi connectivity index (χ0) is 12.3. The van der Waals surface area contributed by atoms with Crippen molar-refractivity contribution in [3.8, 4) is 0 Å². The van der Waals surface area contributed by atoms with E-state index in [2.05, 4.69) is 55.4 Å². The van der Waals surface area contributed by atoms with E-state index < -0.39 is 0 Å². The van der Waals surface area contributed by atoms with E-state index in [1.165, 1.54) is 24.1 Å². The average Bonchev–Trinajstić information content (AvgIpc) is 2.28. The van der Waals surface area contributed by atoms with E-state index >= 15 is 0 Å². The monoisotopic (exact) mass is 232 g/mol. The van der Waals surface area contributed by atoms with Crippen LogP contribution >= 0.6 is 0 Å². The maximum atomic E-state index is 3.64. The van der Waals surface area contributed by atoms with Crippen molar-refractivity contribution in [3.05, 3.63) is 35.4 Å². The molecule has 0 radical (unpaired) electrons. The van der Waals surface area contributed by atoms with Gasteiger partial charge in [0.1, 0.15) is 0 Å². The molecule has 17 heavy (non-hydrogen) atoms. The zero-order valence-electron chi connectivity index (χ0n) is 11.2. The van der Waals surface area contributed by atoms with Crippen molar-refractivity contribution < 1.29 is 0 Å². The minimum Gasteiger partial charge on any atom is -0.309 e. The van der Waals surface area contributed by atoms with E-state index in [-0.39, 0.29) is 0 Å². The SMILES string of the molecule is CC(C)CN(C)CC1NCCc2ccccc21. The van der Waals surface area contributed by atoms with Crippen LogP contribution in [0.3, 0.4) is 0 Å². The van der Waals surface area contributed by atoms with Crippen LogP contribution in [-0.2, 0) is 6.42 Å². The molecule has 1 unspecified atom stereocenters. The Bertz CT molecular complexity index is 360. The highest BCUT2D eigenvalue weighted by atomic mass is 15.1. The van der Waals surface area contributed by atoms with Crippen molar-refractivity contribution in [1.29, 1.82) is 0 Å². The highest BCUT2D eigenvalue weighted by Gasteiger charge is 2.20. The molecule has 0 saturated carbocycles. The van der Waals surface area contributed by atoms with Crippen LogP contribution < -0.4 is 5.32 Å². The van der Waals surface area contributed by atoms with Gasteiger partial charge in [0.25, 0.3) is 0 Å². The third kappa shape index (κ3) is 3.30. The Kier molecular flexibility index (Phi) is 4.19. The molecule has 1 aliphatic heterocycles. The van der Waals surface area contributed by atoms with Crippen molar-refractivity contribution in [2.24, 2.45) is 5.92 Å². The lowest BCUT2D eigenvalue weighted by molar-refractivity contribution is 0.258. The number of fused-ring (bicyclic) bond motifs is 1. The second kappa shape index (κ2) is 5.65. The average molecular weight is 232 g/mol. The quantitative estimate of drug-likeness (QED) is 0.858. The summed E-state index contributed by atoms with van der Waals surface area (Å²) in [6.07, 6.45) is 1.17. The van der Waals surface area contributed by atoms with E-state index in [1.54, 1.807) is 0 Å². The standard InChI is InChI=1S/C15H24N2/c1-12(2)10-17(3)11-15-14-7-5-4-6-13(14)8-9-16-15/h4-7,12,15-16H,8-11H2,1-3H3. The lowest BCUT2D eigenvalue weighted by Crippen LogP contribution is -2.38. The Balaban J connectivity index is 2.03. The minimum atomic E-state index is 0.503. The van der Waals surface area contributed by atoms with Crippen LogP contribution in [0.15, 0.2) is 24.3 Å². The molecule has 1 atom stereocenters. The number of likely N-dealkylation sites (N-methyl/N-ethyl adjacent to an activating group) is 1. The molecule has 0 spiro atoms. The summed E-state index contributed by atoms with van der Waals surface area (Å²) in [5, 5.41) is 3.64. The van der Waals surface area contributed by atoms with Gasteiger partial charge in [-0.05, 0) is 37.1 Å². The summed E-state index contributed by atoms with van der Waals surface area (Å²) in [5.74, 6) is 0.735. The molecule has 0 amide bonds. The first kappa shape index (κ1) is 12.6. The molecule has 0 bridgehead atoms. The summed E-state index contributed by atoms with van der Waals surface area (Å²) in [7, 11) is 2.22. The van der Waals surface area contributed by atoms with Crippen molar-refractivity contribution in [2.75, 3.05) is 26.7 Å². The Hall–Kier alpha value is -0.860. The largest absolute Gasteiger partial charge is 0.309 e. The van der Waals surface area contributed by atoms with Crippen molar-refractivity contribution in [3.63, 3.8) is 0 Å². The van der Waals surface area contributed by atoms with Crippen molar-refractivity contribution >= 4 is 0 Å². The molecule has 1 aromatic carbocycles. The number of hydrogen-bond acceptors (Lipinski definition) is 2. The summed E-state index contributed by atoms with van der Waals surface area (Å²) >= 11 is 0. The van der Waals surface area contributed by atoms with Crippen LogP contribution in [0.1, 0.15) is 31.0 Å². The predicted octanol–water partition coefficient (Wildman–Crippen LogP) is 2.46. The lowest BCUT2D eigenvalue weighted by Gasteiger charge is -2.31. The van der Waals surface area contributed by atoms with Gasteiger partial charge in [-0.2, -0.15) is 0 Å². The minimum absolute atomic E-state index is 0.503. The van der Waals surface area contributed by atoms with Gasteiger partial charge >= 0.3 is 0 Å². The molecule has 0 fully saturated rings. The zero-order valence-corrected chi connectivity index (χ0v) is 11.2. The summed E-state index contributed by atoms with van der Waals surface area (Å²) in [6.45, 7) is 7.93. The molecule has 0 saturated heterocycles. The molecular formula is C15H24N2. The normalized spacial score (nSPS) is 19.7. The van der Waals surface area contributed by atoms with Gasteiger partial charge < -0.3 is 10.2 Å². The van der Waals surface area contributed by atoms with Crippen LogP contribution in [0.5, 0.6) is 0 Å². The highest BCUT2D eigenvalue weighted by molar-refractivity contribution is 5.32. The van der Waals surface area contributed by atoms with Gasteiger partial charge in [-0.3, -0.25) is 0 Å². The molecule has 1 N–H and O–H groups in total. The third-order valence-corrected chi connectivity index (χ3v) is 3.39. The first-order chi connectivity index (χ1) is 8.16. The first-order valence-electron chi connectivity index (χ1n) is 6.66. The fraction of sp³-hybridized carbons (Fsp3) is 0.600. The second-order valence-corrected chi connectivity index (χ2v) is 5.57. The summed E-state index contributed by atoms with van der Waals surface area (Å²) in [6, 6.07) is 9.35. The Labute approximate surface area is 105 Å². The molecule has 1 aromatic rings. The molecular weight excluding hydrogens is 208 g/mol. The fourth-order valence-electron chi connectivity index (χ4n) is 2.77. The highest BCUT2D eigenvalue weighted by Crippen LogP contribution is 2.23. The summed E-state index contributed by atoms with van der Waals surface area (Å²) < 4.78 is 0. The topological polar surface area (TPSA) is 15.3 Å². The number of hydrogen-bond donors (Lipinski definition) is 1.